The van der Waals surface area contributed by atoms with Gasteiger partial charge >= 0.3 is 0 Å². The van der Waals surface area contributed by atoms with Crippen LogP contribution in [0.25, 0.3) is 21.5 Å². The molecule has 0 spiro atoms. The number of nitrogens with one attached hydrogen (secondary N) is 4. The van der Waals surface area contributed by atoms with Crippen molar-refractivity contribution in [3.63, 3.8) is 0 Å². The fourth-order valence-corrected chi connectivity index (χ4v) is 8.48. The van der Waals surface area contributed by atoms with E-state index in [1.807, 2.05) is 66.7 Å². The van der Waals surface area contributed by atoms with E-state index in [2.05, 4.69) is 51.9 Å². The number of carbonyl (C=O) groups is 4. The number of hydrogen-bond donors (Lipinski definition) is 5. The Labute approximate surface area is 402 Å². The Bertz CT molecular complexity index is 3230. The SMILES string of the molecule is N#Cc1ccc(NC(=O)c2ccc(Cn3ccnn3)c3ccccc23)c(C(=O)NCC2CCC2)n1.NCc1ccc(NC(=O)c2ccc(Cn3ccnn3)c3ccccc23)c(C(=O)NCC2CCC2)n1. The highest BCUT2D eigenvalue weighted by Gasteiger charge is 2.24. The highest BCUT2D eigenvalue weighted by atomic mass is 16.2. The maximum Gasteiger partial charge on any atom is 0.272 e. The van der Waals surface area contributed by atoms with Gasteiger partial charge in [-0.15, -0.1) is 10.2 Å². The lowest BCUT2D eigenvalue weighted by molar-refractivity contribution is 0.0926. The lowest BCUT2D eigenvalue weighted by atomic mass is 9.85. The van der Waals surface area contributed by atoms with E-state index < -0.39 is 5.91 Å². The molecule has 0 bridgehead atoms. The number of hydrogen-bond acceptors (Lipinski definition) is 12. The first-order valence-corrected chi connectivity index (χ1v) is 23.2. The van der Waals surface area contributed by atoms with Crippen molar-refractivity contribution in [1.29, 1.82) is 5.26 Å². The average Bonchev–Trinajstić information content (AvgIpc) is 4.09. The molecular formula is C52H50N14O4. The van der Waals surface area contributed by atoms with Gasteiger partial charge in [-0.25, -0.2) is 19.3 Å². The molecule has 2 saturated carbocycles. The zero-order chi connectivity index (χ0) is 48.4. The second-order valence-electron chi connectivity index (χ2n) is 17.4. The van der Waals surface area contributed by atoms with Crippen LogP contribution in [0.3, 0.4) is 0 Å². The number of aromatic nitrogens is 8. The summed E-state index contributed by atoms with van der Waals surface area (Å²) in [5, 5.41) is 40.1. The maximum atomic E-state index is 13.4. The van der Waals surface area contributed by atoms with Gasteiger partial charge in [0.1, 0.15) is 11.8 Å². The number of nitriles is 1. The number of nitrogens with two attached hydrogens (primary N) is 1. The van der Waals surface area contributed by atoms with E-state index in [1.165, 1.54) is 18.9 Å². The molecule has 352 valence electrons. The molecule has 6 N–H and O–H groups in total. The predicted octanol–water partition coefficient (Wildman–Crippen LogP) is 6.64. The highest BCUT2D eigenvalue weighted by molar-refractivity contribution is 6.16. The van der Waals surface area contributed by atoms with Crippen LogP contribution in [-0.2, 0) is 19.6 Å². The quantitative estimate of drug-likeness (QED) is 0.0725. The minimum Gasteiger partial charge on any atom is -0.350 e. The summed E-state index contributed by atoms with van der Waals surface area (Å²) in [6, 6.07) is 31.1. The van der Waals surface area contributed by atoms with Crippen LogP contribution >= 0.6 is 0 Å². The van der Waals surface area contributed by atoms with E-state index in [1.54, 1.807) is 64.5 Å². The first kappa shape index (κ1) is 46.4. The van der Waals surface area contributed by atoms with Crippen LogP contribution in [-0.4, -0.2) is 76.7 Å². The second kappa shape index (κ2) is 21.5. The molecule has 70 heavy (non-hydrogen) atoms. The van der Waals surface area contributed by atoms with Gasteiger partial charge in [-0.1, -0.05) is 83.9 Å². The summed E-state index contributed by atoms with van der Waals surface area (Å²) >= 11 is 0. The molecular weight excluding hydrogens is 885 g/mol. The first-order valence-electron chi connectivity index (χ1n) is 23.2. The summed E-state index contributed by atoms with van der Waals surface area (Å²) in [7, 11) is 0. The monoisotopic (exact) mass is 934 g/mol. The average molecular weight is 935 g/mol. The molecule has 10 rings (SSSR count). The van der Waals surface area contributed by atoms with E-state index in [9.17, 15) is 24.4 Å². The normalized spacial score (nSPS) is 13.3. The molecule has 8 aromatic rings. The van der Waals surface area contributed by atoms with Gasteiger partial charge in [0.15, 0.2) is 11.4 Å². The van der Waals surface area contributed by atoms with E-state index in [0.717, 1.165) is 58.4 Å². The Morgan fingerprint density at radius 1 is 0.586 bits per heavy atom. The summed E-state index contributed by atoms with van der Waals surface area (Å²) in [5.74, 6) is -0.416. The molecule has 18 nitrogen and oxygen atoms in total. The molecule has 2 fully saturated rings. The number of rotatable bonds is 15. The fourth-order valence-electron chi connectivity index (χ4n) is 8.48. The summed E-state index contributed by atoms with van der Waals surface area (Å²) in [5.41, 5.74) is 10.3. The third-order valence-electron chi connectivity index (χ3n) is 12.8. The predicted molar refractivity (Wildman–Crippen MR) is 262 cm³/mol. The molecule has 0 aliphatic heterocycles. The van der Waals surface area contributed by atoms with Crippen LogP contribution in [0.15, 0.2) is 122 Å². The van der Waals surface area contributed by atoms with Crippen LogP contribution in [0.1, 0.15) is 103 Å². The molecule has 4 aromatic heterocycles. The van der Waals surface area contributed by atoms with Gasteiger partial charge in [-0.05, 0) is 107 Å². The van der Waals surface area contributed by atoms with Crippen molar-refractivity contribution in [2.24, 2.45) is 17.6 Å². The largest absolute Gasteiger partial charge is 0.350 e. The highest BCUT2D eigenvalue weighted by Crippen LogP contribution is 2.29. The topological polar surface area (TPSA) is 253 Å². The minimum atomic E-state index is -0.405. The number of benzene rings is 4. The van der Waals surface area contributed by atoms with Gasteiger partial charge in [-0.2, -0.15) is 5.26 Å². The summed E-state index contributed by atoms with van der Waals surface area (Å²) in [6.07, 6.45) is 13.6. The molecule has 4 amide bonds. The van der Waals surface area contributed by atoms with E-state index in [0.29, 0.717) is 60.5 Å². The van der Waals surface area contributed by atoms with Crippen molar-refractivity contribution < 1.29 is 19.2 Å². The fraction of sp³-hybridized carbons (Fsp3) is 0.250. The Hall–Kier alpha value is -8.69. The number of pyridine rings is 2. The molecule has 0 saturated heterocycles. The van der Waals surface area contributed by atoms with Gasteiger partial charge in [-0.3, -0.25) is 19.2 Å². The van der Waals surface area contributed by atoms with Crippen LogP contribution in [0.2, 0.25) is 0 Å². The molecule has 0 atom stereocenters. The van der Waals surface area contributed by atoms with Gasteiger partial charge in [0.25, 0.3) is 23.6 Å². The summed E-state index contributed by atoms with van der Waals surface area (Å²) in [6.45, 7) is 2.43. The molecule has 2 aliphatic carbocycles. The second-order valence-corrected chi connectivity index (χ2v) is 17.4. The summed E-state index contributed by atoms with van der Waals surface area (Å²) < 4.78 is 3.46. The van der Waals surface area contributed by atoms with Gasteiger partial charge in [0.2, 0.25) is 0 Å². The smallest absolute Gasteiger partial charge is 0.272 e. The van der Waals surface area contributed by atoms with Crippen LogP contribution < -0.4 is 27.0 Å². The Morgan fingerprint density at radius 2 is 1.06 bits per heavy atom. The molecule has 4 aromatic carbocycles. The van der Waals surface area contributed by atoms with Gasteiger partial charge in [0, 0.05) is 43.2 Å². The van der Waals surface area contributed by atoms with Crippen molar-refractivity contribution in [2.75, 3.05) is 23.7 Å². The minimum absolute atomic E-state index is 0.0313. The molecule has 0 radical (unpaired) electrons. The molecule has 0 unspecified atom stereocenters. The van der Waals surface area contributed by atoms with Crippen molar-refractivity contribution in [2.45, 2.75) is 58.2 Å². The van der Waals surface area contributed by atoms with E-state index in [-0.39, 0.29) is 47.0 Å². The number of fused-ring (bicyclic) bond motifs is 2. The first-order chi connectivity index (χ1) is 34.2. The van der Waals surface area contributed by atoms with Crippen molar-refractivity contribution in [3.8, 4) is 6.07 Å². The Balaban J connectivity index is 0.000000174. The molecule has 4 heterocycles. The standard InChI is InChI=1S/C26H27N7O2.C26H23N7O2/c2*27-14-19-9-11-23(24(30-19)26(35)28-15-17-4-3-5-17)31-25(34)22-10-8-18(16-33-13-12-29-32-33)20-6-1-2-7-21(20)22/h1-2,6-13,17H,3-5,14-16,27H2,(H,28,35)(H,31,34);1-2,6-13,17H,3-5,15-16H2,(H,28,35)(H,31,34). The maximum absolute atomic E-state index is 13.4. The van der Waals surface area contributed by atoms with Crippen LogP contribution in [0.5, 0.6) is 0 Å². The third kappa shape index (κ3) is 10.7. The Kier molecular flexibility index (Phi) is 14.3. The lowest BCUT2D eigenvalue weighted by Gasteiger charge is -2.25. The van der Waals surface area contributed by atoms with Crippen molar-refractivity contribution in [1.82, 2.24) is 50.6 Å². The molecule has 2 aliphatic rings. The van der Waals surface area contributed by atoms with Crippen LogP contribution in [0, 0.1) is 23.2 Å². The number of carbonyl (C=O) groups excluding carboxylic acids is 4. The van der Waals surface area contributed by atoms with Gasteiger partial charge < -0.3 is 27.0 Å². The van der Waals surface area contributed by atoms with E-state index in [4.69, 9.17) is 5.73 Å². The molecule has 18 heteroatoms. The zero-order valence-corrected chi connectivity index (χ0v) is 38.2. The van der Waals surface area contributed by atoms with Crippen molar-refractivity contribution >= 4 is 56.5 Å². The lowest BCUT2D eigenvalue weighted by Crippen LogP contribution is -2.33. The van der Waals surface area contributed by atoms with E-state index >= 15 is 0 Å². The summed E-state index contributed by atoms with van der Waals surface area (Å²) in [4.78, 5) is 61.1. The van der Waals surface area contributed by atoms with Gasteiger partial charge in [0.05, 0.1) is 42.6 Å². The zero-order valence-electron chi connectivity index (χ0n) is 38.2. The number of anilines is 2. The number of nitrogens with zero attached hydrogens (tertiary/aromatic N) is 9. The Morgan fingerprint density at radius 3 is 1.49 bits per heavy atom. The third-order valence-corrected chi connectivity index (χ3v) is 12.8. The van der Waals surface area contributed by atoms with Crippen LogP contribution in [0.4, 0.5) is 11.4 Å². The number of amides is 4. The van der Waals surface area contributed by atoms with Crippen molar-refractivity contribution in [3.05, 3.63) is 167 Å².